The van der Waals surface area contributed by atoms with E-state index in [4.69, 9.17) is 0 Å². The van der Waals surface area contributed by atoms with E-state index >= 15 is 0 Å². The highest BCUT2D eigenvalue weighted by Gasteiger charge is 2.16. The zero-order valence-corrected chi connectivity index (χ0v) is 18.3. The molecule has 0 saturated carbocycles. The Hall–Kier alpha value is -3.01. The molecule has 170 valence electrons. The molecule has 0 atom stereocenters. The quantitative estimate of drug-likeness (QED) is 0.263. The van der Waals surface area contributed by atoms with Gasteiger partial charge in [0.05, 0.1) is 29.0 Å². The van der Waals surface area contributed by atoms with E-state index in [1.54, 1.807) is 0 Å². The molecule has 0 spiro atoms. The lowest BCUT2D eigenvalue weighted by molar-refractivity contribution is -0.122. The Morgan fingerprint density at radius 3 is 2.59 bits per heavy atom. The van der Waals surface area contributed by atoms with Crippen LogP contribution in [0.5, 0.6) is 0 Å². The largest absolute Gasteiger partial charge is 0.346 e. The van der Waals surface area contributed by atoms with Crippen molar-refractivity contribution < 1.29 is 22.8 Å². The molecule has 32 heavy (non-hydrogen) atoms. The summed E-state index contributed by atoms with van der Waals surface area (Å²) in [5.74, 6) is -5.67. The summed E-state index contributed by atoms with van der Waals surface area (Å²) in [4.78, 5) is 28.7. The van der Waals surface area contributed by atoms with Gasteiger partial charge < -0.3 is 15.2 Å². The lowest BCUT2D eigenvalue weighted by Gasteiger charge is -2.10. The first-order chi connectivity index (χ1) is 15.4. The number of aryl methyl sites for hydroxylation is 1. The van der Waals surface area contributed by atoms with Crippen LogP contribution in [0.1, 0.15) is 26.2 Å². The molecule has 0 radical (unpaired) electrons. The Morgan fingerprint density at radius 1 is 1.03 bits per heavy atom. The predicted octanol–water partition coefficient (Wildman–Crippen LogP) is 4.49. The fourth-order valence-electron chi connectivity index (χ4n) is 3.08. The van der Waals surface area contributed by atoms with Crippen molar-refractivity contribution in [3.8, 4) is 0 Å². The number of hydrogen-bond donors (Lipinski definition) is 2. The minimum absolute atomic E-state index is 0.0317. The number of aromatic nitrogens is 2. The van der Waals surface area contributed by atoms with Crippen LogP contribution in [0, 0.1) is 17.5 Å². The van der Waals surface area contributed by atoms with Crippen molar-refractivity contribution in [1.29, 1.82) is 0 Å². The smallest absolute Gasteiger partial charge is 0.243 e. The SMILES string of the molecule is CCCCCn1c(SCC(=O)NCC(=O)Nc2ccc(F)c(F)c2F)nc2ccccc21. The molecule has 2 aromatic carbocycles. The van der Waals surface area contributed by atoms with Crippen LogP contribution >= 0.6 is 11.8 Å². The molecule has 1 heterocycles. The summed E-state index contributed by atoms with van der Waals surface area (Å²) < 4.78 is 41.9. The van der Waals surface area contributed by atoms with E-state index in [0.717, 1.165) is 42.9 Å². The number of benzene rings is 2. The van der Waals surface area contributed by atoms with E-state index in [9.17, 15) is 22.8 Å². The summed E-state index contributed by atoms with van der Waals surface area (Å²) in [7, 11) is 0. The van der Waals surface area contributed by atoms with Gasteiger partial charge in [0, 0.05) is 6.54 Å². The minimum Gasteiger partial charge on any atom is -0.346 e. The van der Waals surface area contributed by atoms with Gasteiger partial charge in [-0.25, -0.2) is 18.2 Å². The van der Waals surface area contributed by atoms with E-state index in [1.807, 2.05) is 24.3 Å². The van der Waals surface area contributed by atoms with Crippen LogP contribution in [0.4, 0.5) is 18.9 Å². The maximum atomic E-state index is 13.6. The Bertz CT molecular complexity index is 1120. The van der Waals surface area contributed by atoms with Crippen LogP contribution in [0.2, 0.25) is 0 Å². The monoisotopic (exact) mass is 464 g/mol. The molecular formula is C22H23F3N4O2S. The fraction of sp³-hybridized carbons (Fsp3) is 0.318. The van der Waals surface area contributed by atoms with Gasteiger partial charge in [-0.15, -0.1) is 0 Å². The summed E-state index contributed by atoms with van der Waals surface area (Å²) in [6, 6.07) is 9.36. The van der Waals surface area contributed by atoms with Gasteiger partial charge in [-0.05, 0) is 30.7 Å². The fourth-order valence-corrected chi connectivity index (χ4v) is 3.95. The predicted molar refractivity (Wildman–Crippen MR) is 118 cm³/mol. The maximum absolute atomic E-state index is 13.6. The number of nitrogens with zero attached hydrogens (tertiary/aromatic N) is 2. The van der Waals surface area contributed by atoms with E-state index < -0.39 is 41.5 Å². The Balaban J connectivity index is 1.55. The van der Waals surface area contributed by atoms with Crippen molar-refractivity contribution in [3.05, 3.63) is 53.8 Å². The molecule has 3 rings (SSSR count). The molecule has 6 nitrogen and oxygen atoms in total. The first kappa shape index (κ1) is 23.6. The second kappa shape index (κ2) is 11.0. The first-order valence-corrected chi connectivity index (χ1v) is 11.2. The number of fused-ring (bicyclic) bond motifs is 1. The molecule has 2 N–H and O–H groups in total. The third kappa shape index (κ3) is 5.82. The Kier molecular flexibility index (Phi) is 8.15. The highest BCUT2D eigenvalue weighted by molar-refractivity contribution is 7.99. The molecule has 3 aromatic rings. The van der Waals surface area contributed by atoms with Gasteiger partial charge in [0.25, 0.3) is 0 Å². The molecule has 0 aliphatic rings. The zero-order chi connectivity index (χ0) is 23.1. The van der Waals surface area contributed by atoms with Crippen molar-refractivity contribution in [1.82, 2.24) is 14.9 Å². The number of rotatable bonds is 10. The number of thioether (sulfide) groups is 1. The normalized spacial score (nSPS) is 11.0. The van der Waals surface area contributed by atoms with Crippen molar-refractivity contribution in [2.24, 2.45) is 0 Å². The lowest BCUT2D eigenvalue weighted by Crippen LogP contribution is -2.34. The number of halogens is 3. The van der Waals surface area contributed by atoms with Gasteiger partial charge >= 0.3 is 0 Å². The molecule has 0 saturated heterocycles. The third-order valence-corrected chi connectivity index (χ3v) is 5.67. The summed E-state index contributed by atoms with van der Waals surface area (Å²) in [6.45, 7) is 2.48. The summed E-state index contributed by atoms with van der Waals surface area (Å²) in [5, 5.41) is 5.24. The van der Waals surface area contributed by atoms with Crippen molar-refractivity contribution in [3.63, 3.8) is 0 Å². The molecular weight excluding hydrogens is 441 g/mol. The van der Waals surface area contributed by atoms with E-state index in [-0.39, 0.29) is 5.75 Å². The van der Waals surface area contributed by atoms with Crippen LogP contribution in [0.25, 0.3) is 11.0 Å². The number of imidazole rings is 1. The average molecular weight is 465 g/mol. The van der Waals surface area contributed by atoms with Crippen LogP contribution in [-0.4, -0.2) is 33.7 Å². The van der Waals surface area contributed by atoms with Gasteiger partial charge in [0.2, 0.25) is 11.8 Å². The number of nitrogens with one attached hydrogen (secondary N) is 2. The lowest BCUT2D eigenvalue weighted by atomic mass is 10.2. The summed E-state index contributed by atoms with van der Waals surface area (Å²) >= 11 is 1.26. The van der Waals surface area contributed by atoms with Crippen molar-refractivity contribution in [2.75, 3.05) is 17.6 Å². The second-order valence-corrected chi connectivity index (χ2v) is 8.02. The first-order valence-electron chi connectivity index (χ1n) is 10.2. The minimum atomic E-state index is -1.68. The van der Waals surface area contributed by atoms with E-state index in [1.165, 1.54) is 11.8 Å². The molecule has 0 bridgehead atoms. The topological polar surface area (TPSA) is 76.0 Å². The van der Waals surface area contributed by atoms with Crippen LogP contribution in [0.15, 0.2) is 41.6 Å². The Morgan fingerprint density at radius 2 is 1.81 bits per heavy atom. The second-order valence-electron chi connectivity index (χ2n) is 7.08. The van der Waals surface area contributed by atoms with Crippen LogP contribution < -0.4 is 10.6 Å². The number of anilines is 1. The number of amides is 2. The standard InChI is InChI=1S/C22H23F3N4O2S/c1-2-3-6-11-29-17-8-5-4-7-15(17)28-22(29)32-13-19(31)26-12-18(30)27-16-10-9-14(23)20(24)21(16)25/h4-5,7-10H,2-3,6,11-13H2,1H3,(H,26,31)(H,27,30). The summed E-state index contributed by atoms with van der Waals surface area (Å²) in [6.07, 6.45) is 3.18. The van der Waals surface area contributed by atoms with Gasteiger partial charge in [-0.3, -0.25) is 9.59 Å². The molecule has 0 unspecified atom stereocenters. The number of carbonyl (C=O) groups is 2. The highest BCUT2D eigenvalue weighted by atomic mass is 32.2. The van der Waals surface area contributed by atoms with Crippen molar-refractivity contribution in [2.45, 2.75) is 37.9 Å². The number of unbranched alkanes of at least 4 members (excludes halogenated alkanes) is 2. The van der Waals surface area contributed by atoms with E-state index in [2.05, 4.69) is 27.1 Å². The summed E-state index contributed by atoms with van der Waals surface area (Å²) in [5.41, 5.74) is 1.35. The molecule has 2 amide bonds. The van der Waals surface area contributed by atoms with Crippen LogP contribution in [0.3, 0.4) is 0 Å². The highest BCUT2D eigenvalue weighted by Crippen LogP contribution is 2.25. The molecule has 0 fully saturated rings. The van der Waals surface area contributed by atoms with Gasteiger partial charge in [-0.2, -0.15) is 0 Å². The van der Waals surface area contributed by atoms with Crippen molar-refractivity contribution >= 4 is 40.3 Å². The molecule has 0 aliphatic heterocycles. The molecule has 0 aliphatic carbocycles. The maximum Gasteiger partial charge on any atom is 0.243 e. The average Bonchev–Trinajstić information content (AvgIpc) is 3.14. The van der Waals surface area contributed by atoms with E-state index in [0.29, 0.717) is 11.2 Å². The Labute approximate surface area is 187 Å². The number of para-hydroxylation sites is 2. The third-order valence-electron chi connectivity index (χ3n) is 4.69. The van der Waals surface area contributed by atoms with Gasteiger partial charge in [-0.1, -0.05) is 43.7 Å². The number of carbonyl (C=O) groups excluding carboxylic acids is 2. The van der Waals surface area contributed by atoms with Gasteiger partial charge in [0.15, 0.2) is 22.6 Å². The molecule has 10 heteroatoms. The van der Waals surface area contributed by atoms with Crippen LogP contribution in [-0.2, 0) is 16.1 Å². The molecule has 1 aromatic heterocycles. The number of hydrogen-bond acceptors (Lipinski definition) is 4. The zero-order valence-electron chi connectivity index (χ0n) is 17.5. The van der Waals surface area contributed by atoms with Gasteiger partial charge in [0.1, 0.15) is 0 Å².